The van der Waals surface area contributed by atoms with Gasteiger partial charge in [-0.2, -0.15) is 8.42 Å². The number of rotatable bonds is 18. The van der Waals surface area contributed by atoms with Gasteiger partial charge in [-0.3, -0.25) is 0 Å². The van der Waals surface area contributed by atoms with Crippen LogP contribution in [0.1, 0.15) is 26.7 Å². The Balaban J connectivity index is 3.37. The van der Waals surface area contributed by atoms with E-state index in [2.05, 4.69) is 0 Å². The van der Waals surface area contributed by atoms with Crippen LogP contribution in [0.15, 0.2) is 0 Å². The molecule has 0 radical (unpaired) electrons. The van der Waals surface area contributed by atoms with Crippen molar-refractivity contribution in [2.45, 2.75) is 26.7 Å². The van der Waals surface area contributed by atoms with Gasteiger partial charge in [-0.1, -0.05) is 0 Å². The Kier molecular flexibility index (Phi) is 16.4. The predicted molar refractivity (Wildman–Crippen MR) is 84.7 cm³/mol. The van der Waals surface area contributed by atoms with Gasteiger partial charge in [0.25, 0.3) is 0 Å². The molecule has 0 fully saturated rings. The van der Waals surface area contributed by atoms with Gasteiger partial charge >= 0.3 is 10.4 Å². The normalized spacial score (nSPS) is 11.9. The molecular formula is C14H30O8S. The van der Waals surface area contributed by atoms with Crippen LogP contribution in [0.4, 0.5) is 0 Å². The fraction of sp³-hybridized carbons (Fsp3) is 1.00. The second-order valence-corrected chi connectivity index (χ2v) is 5.67. The zero-order valence-corrected chi connectivity index (χ0v) is 15.0. The minimum absolute atomic E-state index is 0.0296. The standard InChI is InChI=1S/C14H30O8S/c1-3-17-11-13-19-7-5-9-21-23(15,16)22-10-6-8-20-14-12-18-4-2/h3-14H2,1-2H3. The minimum Gasteiger partial charge on any atom is -0.379 e. The van der Waals surface area contributed by atoms with Crippen LogP contribution >= 0.6 is 0 Å². The van der Waals surface area contributed by atoms with E-state index in [0.717, 1.165) is 0 Å². The lowest BCUT2D eigenvalue weighted by Gasteiger charge is -2.07. The Morgan fingerprint density at radius 3 is 1.35 bits per heavy atom. The van der Waals surface area contributed by atoms with Crippen LogP contribution in [-0.2, 0) is 37.7 Å². The van der Waals surface area contributed by atoms with Gasteiger partial charge in [-0.15, -0.1) is 0 Å². The largest absolute Gasteiger partial charge is 0.399 e. The summed E-state index contributed by atoms with van der Waals surface area (Å²) in [4.78, 5) is 0. The quantitative estimate of drug-likeness (QED) is 0.337. The number of hydrogen-bond donors (Lipinski definition) is 0. The molecule has 0 heterocycles. The highest BCUT2D eigenvalue weighted by atomic mass is 32.3. The molecule has 23 heavy (non-hydrogen) atoms. The monoisotopic (exact) mass is 358 g/mol. The molecule has 0 bridgehead atoms. The highest BCUT2D eigenvalue weighted by molar-refractivity contribution is 7.81. The fourth-order valence-corrected chi connectivity index (χ4v) is 2.12. The first kappa shape index (κ1) is 22.7. The van der Waals surface area contributed by atoms with Crippen molar-refractivity contribution in [1.82, 2.24) is 0 Å². The fourth-order valence-electron chi connectivity index (χ4n) is 1.41. The van der Waals surface area contributed by atoms with E-state index in [0.29, 0.717) is 65.7 Å². The highest BCUT2D eigenvalue weighted by Gasteiger charge is 2.11. The average Bonchev–Trinajstić information content (AvgIpc) is 2.52. The van der Waals surface area contributed by atoms with Gasteiger partial charge in [0, 0.05) is 26.4 Å². The Labute approximate surface area is 139 Å². The third kappa shape index (κ3) is 17.9. The van der Waals surface area contributed by atoms with Gasteiger partial charge in [-0.25, -0.2) is 8.37 Å². The lowest BCUT2D eigenvalue weighted by atomic mass is 10.5. The summed E-state index contributed by atoms with van der Waals surface area (Å²) in [6.45, 7) is 8.05. The predicted octanol–water partition coefficient (Wildman–Crippen LogP) is 1.15. The summed E-state index contributed by atoms with van der Waals surface area (Å²) < 4.78 is 52.9. The average molecular weight is 358 g/mol. The van der Waals surface area contributed by atoms with Gasteiger partial charge in [0.2, 0.25) is 0 Å². The van der Waals surface area contributed by atoms with Crippen LogP contribution in [-0.4, -0.2) is 74.5 Å². The van der Waals surface area contributed by atoms with Crippen molar-refractivity contribution in [2.24, 2.45) is 0 Å². The third-order valence-corrected chi connectivity index (χ3v) is 3.38. The first-order valence-corrected chi connectivity index (χ1v) is 9.30. The topological polar surface area (TPSA) is 89.5 Å². The van der Waals surface area contributed by atoms with Crippen molar-refractivity contribution in [2.75, 3.05) is 66.1 Å². The molecule has 0 amide bonds. The van der Waals surface area contributed by atoms with Crippen molar-refractivity contribution in [1.29, 1.82) is 0 Å². The zero-order chi connectivity index (χ0) is 17.2. The van der Waals surface area contributed by atoms with E-state index in [-0.39, 0.29) is 13.2 Å². The minimum atomic E-state index is -3.94. The van der Waals surface area contributed by atoms with Crippen LogP contribution < -0.4 is 0 Å². The van der Waals surface area contributed by atoms with Crippen molar-refractivity contribution in [3.05, 3.63) is 0 Å². The molecule has 0 spiro atoms. The smallest absolute Gasteiger partial charge is 0.379 e. The second-order valence-electron chi connectivity index (χ2n) is 4.38. The first-order chi connectivity index (χ1) is 11.1. The summed E-state index contributed by atoms with van der Waals surface area (Å²) in [5.41, 5.74) is 0. The third-order valence-electron chi connectivity index (χ3n) is 2.47. The molecule has 0 atom stereocenters. The molecule has 8 nitrogen and oxygen atoms in total. The summed E-state index contributed by atoms with van der Waals surface area (Å²) >= 11 is 0. The van der Waals surface area contributed by atoms with Crippen LogP contribution in [0.5, 0.6) is 0 Å². The summed E-state index contributed by atoms with van der Waals surface area (Å²) in [5.74, 6) is 0. The molecular weight excluding hydrogens is 328 g/mol. The molecule has 0 unspecified atom stereocenters. The molecule has 0 aliphatic rings. The van der Waals surface area contributed by atoms with Gasteiger partial charge in [0.05, 0.1) is 39.6 Å². The van der Waals surface area contributed by atoms with Crippen LogP contribution in [0.25, 0.3) is 0 Å². The Morgan fingerprint density at radius 1 is 0.565 bits per heavy atom. The molecule has 140 valence electrons. The van der Waals surface area contributed by atoms with Crippen molar-refractivity contribution in [3.63, 3.8) is 0 Å². The second kappa shape index (κ2) is 16.6. The van der Waals surface area contributed by atoms with Crippen molar-refractivity contribution < 1.29 is 35.7 Å². The maximum Gasteiger partial charge on any atom is 0.399 e. The van der Waals surface area contributed by atoms with Crippen LogP contribution in [0.2, 0.25) is 0 Å². The molecule has 9 heteroatoms. The van der Waals surface area contributed by atoms with E-state index in [4.69, 9.17) is 27.3 Å². The van der Waals surface area contributed by atoms with Gasteiger partial charge in [-0.05, 0) is 26.7 Å². The van der Waals surface area contributed by atoms with Crippen molar-refractivity contribution >= 4 is 10.4 Å². The molecule has 0 aromatic carbocycles. The van der Waals surface area contributed by atoms with E-state index in [1.54, 1.807) is 0 Å². The first-order valence-electron chi connectivity index (χ1n) is 7.97. The Bertz CT molecular complexity index is 308. The van der Waals surface area contributed by atoms with E-state index >= 15 is 0 Å². The SMILES string of the molecule is CCOCCOCCCOS(=O)(=O)OCCCOCCOCC. The molecule has 0 aromatic heterocycles. The summed E-state index contributed by atoms with van der Waals surface area (Å²) in [6, 6.07) is 0. The van der Waals surface area contributed by atoms with E-state index in [1.807, 2.05) is 13.8 Å². The Hall–Kier alpha value is -0.290. The molecule has 0 N–H and O–H groups in total. The molecule has 0 aliphatic carbocycles. The molecule has 0 saturated heterocycles. The number of hydrogen-bond acceptors (Lipinski definition) is 8. The van der Waals surface area contributed by atoms with Crippen LogP contribution in [0.3, 0.4) is 0 Å². The van der Waals surface area contributed by atoms with Gasteiger partial charge in [0.15, 0.2) is 0 Å². The van der Waals surface area contributed by atoms with Gasteiger partial charge in [0.1, 0.15) is 0 Å². The summed E-state index contributed by atoms with van der Waals surface area (Å²) in [6.07, 6.45) is 0.935. The molecule has 0 aliphatic heterocycles. The molecule has 0 aromatic rings. The Morgan fingerprint density at radius 2 is 0.957 bits per heavy atom. The zero-order valence-electron chi connectivity index (χ0n) is 14.2. The highest BCUT2D eigenvalue weighted by Crippen LogP contribution is 1.99. The van der Waals surface area contributed by atoms with Gasteiger partial charge < -0.3 is 18.9 Å². The summed E-state index contributed by atoms with van der Waals surface area (Å²) in [5, 5.41) is 0. The molecule has 0 rings (SSSR count). The maximum atomic E-state index is 11.4. The number of ether oxygens (including phenoxy) is 4. The maximum absolute atomic E-state index is 11.4. The lowest BCUT2D eigenvalue weighted by molar-refractivity contribution is 0.0454. The summed E-state index contributed by atoms with van der Waals surface area (Å²) in [7, 11) is -3.94. The van der Waals surface area contributed by atoms with Crippen molar-refractivity contribution in [3.8, 4) is 0 Å². The molecule has 0 saturated carbocycles. The van der Waals surface area contributed by atoms with E-state index in [1.165, 1.54) is 0 Å². The lowest BCUT2D eigenvalue weighted by Crippen LogP contribution is -2.14. The van der Waals surface area contributed by atoms with Crippen LogP contribution in [0, 0.1) is 0 Å². The van der Waals surface area contributed by atoms with E-state index in [9.17, 15) is 8.42 Å². The van der Waals surface area contributed by atoms with E-state index < -0.39 is 10.4 Å².